The lowest BCUT2D eigenvalue weighted by molar-refractivity contribution is -0.268. The van der Waals surface area contributed by atoms with Crippen LogP contribution in [-0.2, 0) is 27.4 Å². The maximum Gasteiger partial charge on any atom is 0.221 e. The van der Waals surface area contributed by atoms with Crippen molar-refractivity contribution in [3.8, 4) is 11.1 Å². The Morgan fingerprint density at radius 1 is 0.878 bits per heavy atom. The number of anilines is 1. The van der Waals surface area contributed by atoms with Crippen LogP contribution in [0.2, 0.25) is 0 Å². The number of hydrogen-bond acceptors (Lipinski definition) is 6. The van der Waals surface area contributed by atoms with Crippen molar-refractivity contribution < 1.29 is 19.4 Å². The van der Waals surface area contributed by atoms with Gasteiger partial charge in [0.1, 0.15) is 0 Å². The number of carbonyl (C=O) groups excluding carboxylic acids is 1. The van der Waals surface area contributed by atoms with Gasteiger partial charge in [-0.3, -0.25) is 4.79 Å². The van der Waals surface area contributed by atoms with E-state index in [-0.39, 0.29) is 30.6 Å². The van der Waals surface area contributed by atoms with Crippen molar-refractivity contribution in [2.45, 2.75) is 50.4 Å². The molecule has 1 saturated heterocycles. The second-order valence-corrected chi connectivity index (χ2v) is 11.5. The lowest BCUT2D eigenvalue weighted by atomic mass is 9.91. The number of thioether (sulfide) groups is 1. The summed E-state index contributed by atoms with van der Waals surface area (Å²) in [5, 5.41) is 12.3. The van der Waals surface area contributed by atoms with E-state index in [0.29, 0.717) is 6.54 Å². The highest BCUT2D eigenvalue weighted by Gasteiger charge is 2.38. The van der Waals surface area contributed by atoms with Crippen molar-refractivity contribution in [2.24, 2.45) is 11.7 Å². The molecular weight excluding hydrogens is 532 g/mol. The first kappa shape index (κ1) is 29.0. The van der Waals surface area contributed by atoms with Gasteiger partial charge in [0.15, 0.2) is 6.29 Å². The van der Waals surface area contributed by atoms with E-state index in [4.69, 9.17) is 15.2 Å². The summed E-state index contributed by atoms with van der Waals surface area (Å²) in [5.74, 6) is 0.752. The van der Waals surface area contributed by atoms with Crippen molar-refractivity contribution >= 4 is 23.4 Å². The highest BCUT2D eigenvalue weighted by Crippen LogP contribution is 2.43. The van der Waals surface area contributed by atoms with Crippen LogP contribution < -0.4 is 11.1 Å². The van der Waals surface area contributed by atoms with Crippen LogP contribution >= 0.6 is 11.8 Å². The number of carbonyl (C=O) groups is 1. The Labute approximate surface area is 245 Å². The third kappa shape index (κ3) is 7.25. The summed E-state index contributed by atoms with van der Waals surface area (Å²) in [4.78, 5) is 12.5. The Balaban J connectivity index is 1.36. The van der Waals surface area contributed by atoms with E-state index in [1.165, 1.54) is 6.92 Å². The van der Waals surface area contributed by atoms with Gasteiger partial charge >= 0.3 is 0 Å². The molecular formula is C34H36N2O4S. The van der Waals surface area contributed by atoms with Crippen LogP contribution in [0.1, 0.15) is 48.5 Å². The van der Waals surface area contributed by atoms with E-state index >= 15 is 0 Å². The minimum atomic E-state index is -0.522. The molecule has 4 N–H and O–H groups in total. The van der Waals surface area contributed by atoms with Crippen LogP contribution in [0.15, 0.2) is 102 Å². The zero-order valence-electron chi connectivity index (χ0n) is 23.3. The minimum Gasteiger partial charge on any atom is -0.392 e. The number of rotatable bonds is 9. The first-order valence-corrected chi connectivity index (χ1v) is 14.8. The van der Waals surface area contributed by atoms with Gasteiger partial charge in [-0.15, -0.1) is 11.8 Å². The molecule has 0 bridgehead atoms. The van der Waals surface area contributed by atoms with Crippen LogP contribution in [0.3, 0.4) is 0 Å². The highest BCUT2D eigenvalue weighted by atomic mass is 32.2. The molecule has 0 radical (unpaired) electrons. The van der Waals surface area contributed by atoms with Gasteiger partial charge in [0.05, 0.1) is 18.8 Å². The van der Waals surface area contributed by atoms with E-state index in [1.807, 2.05) is 60.7 Å². The Bertz CT molecular complexity index is 1440. The molecule has 0 spiro atoms. The molecule has 4 aromatic carbocycles. The lowest BCUT2D eigenvalue weighted by Gasteiger charge is -2.41. The predicted molar refractivity (Wildman–Crippen MR) is 164 cm³/mol. The summed E-state index contributed by atoms with van der Waals surface area (Å²) in [6, 6.07) is 32.4. The molecule has 1 aliphatic heterocycles. The average Bonchev–Trinajstić information content (AvgIpc) is 3.01. The second-order valence-electron chi connectivity index (χ2n) is 10.4. The molecule has 7 heteroatoms. The standard InChI is InChI=1S/C34H36N2O4S/c1-22-32(21-41-31-16-14-30(15-17-31)36-23(2)38)39-34(40-33(22)27-8-6-24(20-37)7-9-27)28-12-10-26(11-13-28)29-5-3-4-25(18-29)19-35/h3-18,22,32-34,37H,19-21,35H2,1-2H3,(H,36,38). The quantitative estimate of drug-likeness (QED) is 0.191. The molecule has 41 heavy (non-hydrogen) atoms. The maximum absolute atomic E-state index is 11.4. The van der Waals surface area contributed by atoms with Gasteiger partial charge in [0.2, 0.25) is 5.91 Å². The van der Waals surface area contributed by atoms with E-state index in [2.05, 4.69) is 48.6 Å². The zero-order chi connectivity index (χ0) is 28.8. The maximum atomic E-state index is 11.4. The second kappa shape index (κ2) is 13.5. The molecule has 1 aliphatic rings. The van der Waals surface area contributed by atoms with Crippen LogP contribution in [0.5, 0.6) is 0 Å². The Hall–Kier alpha value is -3.46. The SMILES string of the molecule is CC(=O)Nc1ccc(SCC2OC(c3ccc(-c4cccc(CN)c4)cc3)OC(c3ccc(CO)cc3)C2C)cc1. The van der Waals surface area contributed by atoms with E-state index in [9.17, 15) is 9.90 Å². The Kier molecular flexibility index (Phi) is 9.54. The van der Waals surface area contributed by atoms with Crippen molar-refractivity contribution in [2.75, 3.05) is 11.1 Å². The Morgan fingerprint density at radius 2 is 1.59 bits per heavy atom. The fourth-order valence-electron chi connectivity index (χ4n) is 5.04. The number of amides is 1. The molecule has 4 aromatic rings. The first-order valence-electron chi connectivity index (χ1n) is 13.8. The Morgan fingerprint density at radius 3 is 2.24 bits per heavy atom. The zero-order valence-corrected chi connectivity index (χ0v) is 24.1. The highest BCUT2D eigenvalue weighted by molar-refractivity contribution is 7.99. The van der Waals surface area contributed by atoms with Crippen LogP contribution in [0.25, 0.3) is 11.1 Å². The molecule has 212 valence electrons. The molecule has 0 aliphatic carbocycles. The number of nitrogens with two attached hydrogens (primary N) is 1. The fraction of sp³-hybridized carbons (Fsp3) is 0.265. The molecule has 1 fully saturated rings. The summed E-state index contributed by atoms with van der Waals surface area (Å²) in [6.45, 7) is 4.18. The van der Waals surface area contributed by atoms with Crippen molar-refractivity contribution in [3.63, 3.8) is 0 Å². The molecule has 0 saturated carbocycles. The predicted octanol–water partition coefficient (Wildman–Crippen LogP) is 6.85. The van der Waals surface area contributed by atoms with Crippen LogP contribution in [0, 0.1) is 5.92 Å². The molecule has 1 heterocycles. The van der Waals surface area contributed by atoms with E-state index in [1.54, 1.807) is 11.8 Å². The van der Waals surface area contributed by atoms with Gasteiger partial charge in [0, 0.05) is 41.3 Å². The van der Waals surface area contributed by atoms with E-state index < -0.39 is 6.29 Å². The number of ether oxygens (including phenoxy) is 2. The minimum absolute atomic E-state index is 0.00756. The summed E-state index contributed by atoms with van der Waals surface area (Å²) in [7, 11) is 0. The van der Waals surface area contributed by atoms with E-state index in [0.717, 1.165) is 49.7 Å². The summed E-state index contributed by atoms with van der Waals surface area (Å²) in [6.07, 6.45) is -0.766. The molecule has 4 atom stereocenters. The smallest absolute Gasteiger partial charge is 0.221 e. The number of aliphatic hydroxyl groups excluding tert-OH is 1. The molecule has 1 amide bonds. The van der Waals surface area contributed by atoms with Crippen LogP contribution in [0.4, 0.5) is 5.69 Å². The summed E-state index contributed by atoms with van der Waals surface area (Å²) in [5.41, 5.74) is 12.8. The van der Waals surface area contributed by atoms with Gasteiger partial charge in [-0.1, -0.05) is 73.7 Å². The topological polar surface area (TPSA) is 93.8 Å². The third-order valence-electron chi connectivity index (χ3n) is 7.39. The van der Waals surface area contributed by atoms with Gasteiger partial charge in [-0.2, -0.15) is 0 Å². The largest absolute Gasteiger partial charge is 0.392 e. The van der Waals surface area contributed by atoms with Gasteiger partial charge in [-0.25, -0.2) is 0 Å². The summed E-state index contributed by atoms with van der Waals surface area (Å²) < 4.78 is 13.2. The van der Waals surface area contributed by atoms with Gasteiger partial charge < -0.3 is 25.6 Å². The van der Waals surface area contributed by atoms with Crippen molar-refractivity contribution in [3.05, 3.63) is 119 Å². The number of aliphatic hydroxyl groups is 1. The number of hydrogen-bond donors (Lipinski definition) is 3. The lowest BCUT2D eigenvalue weighted by Crippen LogP contribution is -2.38. The average molecular weight is 569 g/mol. The van der Waals surface area contributed by atoms with Crippen molar-refractivity contribution in [1.82, 2.24) is 0 Å². The first-order chi connectivity index (χ1) is 19.9. The number of nitrogens with one attached hydrogen (secondary N) is 1. The van der Waals surface area contributed by atoms with Gasteiger partial charge in [-0.05, 0) is 58.1 Å². The van der Waals surface area contributed by atoms with Crippen LogP contribution in [-0.4, -0.2) is 22.9 Å². The third-order valence-corrected chi connectivity index (χ3v) is 8.49. The monoisotopic (exact) mass is 568 g/mol. The molecule has 6 nitrogen and oxygen atoms in total. The fourth-order valence-corrected chi connectivity index (χ4v) is 6.10. The normalized spacial score (nSPS) is 20.5. The van der Waals surface area contributed by atoms with Gasteiger partial charge in [0.25, 0.3) is 0 Å². The number of benzene rings is 4. The molecule has 0 aromatic heterocycles. The molecule has 5 rings (SSSR count). The molecule has 4 unspecified atom stereocenters. The van der Waals surface area contributed by atoms with Crippen molar-refractivity contribution in [1.29, 1.82) is 0 Å². The summed E-state index contributed by atoms with van der Waals surface area (Å²) >= 11 is 1.73.